The van der Waals surface area contributed by atoms with Crippen molar-refractivity contribution in [1.29, 1.82) is 0 Å². The molecule has 0 aliphatic carbocycles. The summed E-state index contributed by atoms with van der Waals surface area (Å²) in [5, 5.41) is 15.8. The van der Waals surface area contributed by atoms with Crippen LogP contribution in [0.15, 0.2) is 231 Å². The van der Waals surface area contributed by atoms with E-state index < -0.39 is 0 Å². The summed E-state index contributed by atoms with van der Waals surface area (Å²) in [7, 11) is 0. The molecule has 0 spiro atoms. The topological polar surface area (TPSA) is 0 Å². The fourth-order valence-electron chi connectivity index (χ4n) is 9.58. The minimum absolute atomic E-state index is 1.25. The monoisotopic (exact) mass is 788 g/mol. The molecule has 0 N–H and O–H groups in total. The van der Waals surface area contributed by atoms with Crippen molar-refractivity contribution >= 4 is 64.6 Å². The highest BCUT2D eigenvalue weighted by atomic mass is 14.2. The van der Waals surface area contributed by atoms with Gasteiger partial charge in [-0.25, -0.2) is 0 Å². The summed E-state index contributed by atoms with van der Waals surface area (Å²) in [5.74, 6) is 0. The molecule has 0 fully saturated rings. The molecule has 0 atom stereocenters. The lowest BCUT2D eigenvalue weighted by Gasteiger charge is -2.12. The van der Waals surface area contributed by atoms with Gasteiger partial charge in [-0.2, -0.15) is 0 Å². The van der Waals surface area contributed by atoms with Crippen molar-refractivity contribution in [2.45, 2.75) is 13.8 Å². The Kier molecular flexibility index (Phi) is 9.40. The fourth-order valence-corrected chi connectivity index (χ4v) is 9.58. The van der Waals surface area contributed by atoms with Gasteiger partial charge in [0.05, 0.1) is 0 Å². The van der Waals surface area contributed by atoms with E-state index in [9.17, 15) is 0 Å². The van der Waals surface area contributed by atoms with E-state index in [2.05, 4.69) is 244 Å². The van der Waals surface area contributed by atoms with E-state index in [1.165, 1.54) is 120 Å². The van der Waals surface area contributed by atoms with Gasteiger partial charge in [-0.1, -0.05) is 217 Å². The maximum atomic E-state index is 2.36. The summed E-state index contributed by atoms with van der Waals surface area (Å²) in [4.78, 5) is 0. The van der Waals surface area contributed by atoms with Crippen molar-refractivity contribution in [2.75, 3.05) is 0 Å². The molecule has 292 valence electrons. The average molecular weight is 789 g/mol. The van der Waals surface area contributed by atoms with Gasteiger partial charge in [0.25, 0.3) is 0 Å². The Balaban J connectivity index is 0.000000139. The third kappa shape index (κ3) is 6.77. The molecule has 0 unspecified atom stereocenters. The molecule has 0 aliphatic heterocycles. The number of fused-ring (bicyclic) bond motifs is 12. The standard InChI is InChI=1S/2C31H22/c2*1-21-8-6-9-22(18-21)23-10-7-11-24(19-23)25-16-17-30-28-14-3-2-12-26(28)27-13-4-5-15-29(27)31(30)20-25/h2*2-20H,1H3. The zero-order valence-electron chi connectivity index (χ0n) is 34.9. The summed E-state index contributed by atoms with van der Waals surface area (Å²) in [6.07, 6.45) is 0. The van der Waals surface area contributed by atoms with E-state index in [4.69, 9.17) is 0 Å². The van der Waals surface area contributed by atoms with Gasteiger partial charge in [0.15, 0.2) is 0 Å². The Bertz CT molecular complexity index is 3350. The third-order valence-electron chi connectivity index (χ3n) is 12.6. The van der Waals surface area contributed by atoms with Gasteiger partial charge in [0.2, 0.25) is 0 Å². The van der Waals surface area contributed by atoms with Crippen molar-refractivity contribution in [3.63, 3.8) is 0 Å². The predicted octanol–water partition coefficient (Wildman–Crippen LogP) is 17.6. The highest BCUT2D eigenvalue weighted by Gasteiger charge is 2.12. The van der Waals surface area contributed by atoms with Crippen LogP contribution in [0.2, 0.25) is 0 Å². The molecule has 0 aromatic heterocycles. The number of benzene rings is 12. The normalized spacial score (nSPS) is 11.4. The molecular formula is C62H44. The molecule has 12 rings (SSSR count). The second-order valence-corrected chi connectivity index (χ2v) is 16.6. The summed E-state index contributed by atoms with van der Waals surface area (Å²) >= 11 is 0. The van der Waals surface area contributed by atoms with Crippen molar-refractivity contribution < 1.29 is 0 Å². The molecule has 12 aromatic rings. The number of rotatable bonds is 4. The summed E-state index contributed by atoms with van der Waals surface area (Å²) in [5.41, 5.74) is 12.6. The Morgan fingerprint density at radius 2 is 0.387 bits per heavy atom. The van der Waals surface area contributed by atoms with E-state index in [1.54, 1.807) is 0 Å². The zero-order chi connectivity index (χ0) is 41.6. The van der Waals surface area contributed by atoms with Crippen molar-refractivity contribution in [1.82, 2.24) is 0 Å². The lowest BCUT2D eigenvalue weighted by molar-refractivity contribution is 1.47. The van der Waals surface area contributed by atoms with E-state index in [0.717, 1.165) is 0 Å². The van der Waals surface area contributed by atoms with Gasteiger partial charge in [0.1, 0.15) is 0 Å². The smallest absolute Gasteiger partial charge is 0.00928 e. The molecule has 12 aromatic carbocycles. The van der Waals surface area contributed by atoms with Crippen molar-refractivity contribution in [3.05, 3.63) is 242 Å². The van der Waals surface area contributed by atoms with Crippen LogP contribution in [-0.2, 0) is 0 Å². The average Bonchev–Trinajstić information content (AvgIpc) is 3.34. The lowest BCUT2D eigenvalue weighted by atomic mass is 9.91. The van der Waals surface area contributed by atoms with Gasteiger partial charge < -0.3 is 0 Å². The second kappa shape index (κ2) is 15.7. The number of hydrogen-bond acceptors (Lipinski definition) is 0. The molecule has 62 heavy (non-hydrogen) atoms. The Hall–Kier alpha value is -7.80. The predicted molar refractivity (Wildman–Crippen MR) is 269 cm³/mol. The molecule has 0 nitrogen and oxygen atoms in total. The van der Waals surface area contributed by atoms with Crippen molar-refractivity contribution in [2.24, 2.45) is 0 Å². The van der Waals surface area contributed by atoms with E-state index >= 15 is 0 Å². The number of aryl methyl sites for hydroxylation is 2. The van der Waals surface area contributed by atoms with Crippen LogP contribution in [0.3, 0.4) is 0 Å². The zero-order valence-corrected chi connectivity index (χ0v) is 34.9. The van der Waals surface area contributed by atoms with Crippen LogP contribution in [0.4, 0.5) is 0 Å². The fraction of sp³-hybridized carbons (Fsp3) is 0.0323. The SMILES string of the molecule is Cc1cccc(-c2cccc(-c3ccc4c5ccccc5c5ccccc5c4c3)c2)c1.Cc1cccc(-c2cccc(-c3ccc4c5ccccc5c5ccccc5c4c3)c2)c1. The van der Waals surface area contributed by atoms with Crippen LogP contribution < -0.4 is 0 Å². The highest BCUT2D eigenvalue weighted by molar-refractivity contribution is 6.27. The first-order valence-corrected chi connectivity index (χ1v) is 21.6. The summed E-state index contributed by atoms with van der Waals surface area (Å²) < 4.78 is 0. The Labute approximate surface area is 363 Å². The molecule has 0 saturated carbocycles. The van der Waals surface area contributed by atoms with Crippen LogP contribution in [0, 0.1) is 13.8 Å². The summed E-state index contributed by atoms with van der Waals surface area (Å²) in [6.45, 7) is 4.29. The minimum Gasteiger partial charge on any atom is -0.0616 e. The maximum Gasteiger partial charge on any atom is -0.00928 e. The third-order valence-corrected chi connectivity index (χ3v) is 12.6. The molecule has 0 radical (unpaired) electrons. The maximum absolute atomic E-state index is 2.36. The number of hydrogen-bond donors (Lipinski definition) is 0. The van der Waals surface area contributed by atoms with E-state index in [1.807, 2.05) is 0 Å². The first-order valence-electron chi connectivity index (χ1n) is 21.6. The van der Waals surface area contributed by atoms with Gasteiger partial charge in [-0.3, -0.25) is 0 Å². The van der Waals surface area contributed by atoms with Gasteiger partial charge in [-0.15, -0.1) is 0 Å². The summed E-state index contributed by atoms with van der Waals surface area (Å²) in [6, 6.07) is 84.0. The molecule has 0 amide bonds. The first kappa shape index (κ1) is 37.2. The van der Waals surface area contributed by atoms with E-state index in [0.29, 0.717) is 0 Å². The molecule has 0 aliphatic rings. The Morgan fingerprint density at radius 3 is 0.677 bits per heavy atom. The van der Waals surface area contributed by atoms with Crippen LogP contribution >= 0.6 is 0 Å². The van der Waals surface area contributed by atoms with E-state index in [-0.39, 0.29) is 0 Å². The molecule has 0 heteroatoms. The van der Waals surface area contributed by atoms with Gasteiger partial charge in [0, 0.05) is 0 Å². The Morgan fingerprint density at radius 1 is 0.161 bits per heavy atom. The van der Waals surface area contributed by atoms with Crippen LogP contribution in [0.5, 0.6) is 0 Å². The second-order valence-electron chi connectivity index (χ2n) is 16.6. The quantitative estimate of drug-likeness (QED) is 0.156. The largest absolute Gasteiger partial charge is 0.0616 e. The molecule has 0 saturated heterocycles. The lowest BCUT2D eigenvalue weighted by Crippen LogP contribution is -1.86. The van der Waals surface area contributed by atoms with Gasteiger partial charge in [-0.05, 0) is 147 Å². The molecule has 0 heterocycles. The molecule has 0 bridgehead atoms. The van der Waals surface area contributed by atoms with Gasteiger partial charge >= 0.3 is 0 Å². The van der Waals surface area contributed by atoms with Crippen LogP contribution in [0.25, 0.3) is 109 Å². The minimum atomic E-state index is 1.25. The molecular weight excluding hydrogens is 745 g/mol. The highest BCUT2D eigenvalue weighted by Crippen LogP contribution is 2.39. The first-order chi connectivity index (χ1) is 30.6. The van der Waals surface area contributed by atoms with Crippen molar-refractivity contribution in [3.8, 4) is 44.5 Å². The van der Waals surface area contributed by atoms with Crippen LogP contribution in [-0.4, -0.2) is 0 Å². The van der Waals surface area contributed by atoms with Crippen LogP contribution in [0.1, 0.15) is 11.1 Å².